The van der Waals surface area contributed by atoms with E-state index in [1.807, 2.05) is 6.20 Å². The SMILES string of the molecule is CC(C)c1cc(C(C)C)c(-c2cc3c4c(nccc4c2)-c2cc4ccccc4c(CC(C)(C)C)c2O3)c(C(C)C)c1. The molecule has 0 spiro atoms. The second-order valence-corrected chi connectivity index (χ2v) is 14.1. The highest BCUT2D eigenvalue weighted by Crippen LogP contribution is 2.52. The van der Waals surface area contributed by atoms with Crippen molar-refractivity contribution in [3.63, 3.8) is 0 Å². The summed E-state index contributed by atoms with van der Waals surface area (Å²) in [4.78, 5) is 4.97. The van der Waals surface area contributed by atoms with Gasteiger partial charge in [-0.15, -0.1) is 0 Å². The lowest BCUT2D eigenvalue weighted by Crippen LogP contribution is -2.12. The van der Waals surface area contributed by atoms with E-state index in [0.717, 1.165) is 34.6 Å². The molecule has 0 atom stereocenters. The van der Waals surface area contributed by atoms with Gasteiger partial charge in [0.2, 0.25) is 0 Å². The Balaban J connectivity index is 1.65. The van der Waals surface area contributed by atoms with Crippen LogP contribution in [0, 0.1) is 5.41 Å². The average molecular weight is 542 g/mol. The van der Waals surface area contributed by atoms with E-state index in [4.69, 9.17) is 9.72 Å². The van der Waals surface area contributed by atoms with Gasteiger partial charge >= 0.3 is 0 Å². The van der Waals surface area contributed by atoms with E-state index in [1.165, 1.54) is 49.5 Å². The Morgan fingerprint density at radius 2 is 1.44 bits per heavy atom. The van der Waals surface area contributed by atoms with E-state index >= 15 is 0 Å². The first-order valence-corrected chi connectivity index (χ1v) is 15.3. The minimum atomic E-state index is 0.110. The standard InChI is InChI=1S/C39H43NO/c1-22(2)27-18-30(23(3)4)35(31(19-27)24(5)6)28-16-26-14-15-40-37-32-17-25-12-10-11-13-29(25)33(21-39(7,8)9)38(32)41-34(20-28)36(26)37/h10-20,22-24H,21H2,1-9H3. The van der Waals surface area contributed by atoms with Crippen LogP contribution >= 0.6 is 0 Å². The van der Waals surface area contributed by atoms with Crippen LogP contribution in [-0.2, 0) is 6.42 Å². The van der Waals surface area contributed by atoms with Gasteiger partial charge < -0.3 is 4.74 Å². The highest BCUT2D eigenvalue weighted by Gasteiger charge is 2.29. The van der Waals surface area contributed by atoms with Gasteiger partial charge in [0.15, 0.2) is 0 Å². The molecule has 1 aliphatic rings. The number of nitrogens with zero attached hydrogens (tertiary/aromatic N) is 1. The first kappa shape index (κ1) is 27.5. The number of aromatic nitrogens is 1. The number of ether oxygens (including phenoxy) is 1. The molecule has 0 saturated carbocycles. The Bertz CT molecular complexity index is 1770. The van der Waals surface area contributed by atoms with Crippen LogP contribution in [0.25, 0.3) is 43.9 Å². The number of pyridine rings is 1. The highest BCUT2D eigenvalue weighted by molar-refractivity contribution is 6.07. The summed E-state index contributed by atoms with van der Waals surface area (Å²) in [5.41, 5.74) is 10.3. The lowest BCUT2D eigenvalue weighted by atomic mass is 9.81. The maximum atomic E-state index is 7.02. The number of benzene rings is 4. The molecule has 0 radical (unpaired) electrons. The fraction of sp³-hybridized carbons (Fsp3) is 0.359. The van der Waals surface area contributed by atoms with Crippen LogP contribution in [0.2, 0.25) is 0 Å². The zero-order chi connectivity index (χ0) is 29.2. The summed E-state index contributed by atoms with van der Waals surface area (Å²) in [6, 6.07) is 22.6. The number of rotatable bonds is 5. The zero-order valence-corrected chi connectivity index (χ0v) is 26.1. The summed E-state index contributed by atoms with van der Waals surface area (Å²) in [5.74, 6) is 3.18. The maximum absolute atomic E-state index is 7.02. The van der Waals surface area contributed by atoms with Gasteiger partial charge in [0, 0.05) is 17.3 Å². The normalized spacial score (nSPS) is 13.0. The van der Waals surface area contributed by atoms with Gasteiger partial charge in [-0.2, -0.15) is 0 Å². The van der Waals surface area contributed by atoms with Gasteiger partial charge in [-0.3, -0.25) is 4.98 Å². The molecule has 5 aromatic rings. The molecule has 2 nitrogen and oxygen atoms in total. The second kappa shape index (κ2) is 10.0. The quantitative estimate of drug-likeness (QED) is 0.216. The van der Waals surface area contributed by atoms with Crippen LogP contribution in [-0.4, -0.2) is 4.98 Å². The molecule has 0 fully saturated rings. The molecule has 0 amide bonds. The van der Waals surface area contributed by atoms with E-state index < -0.39 is 0 Å². The molecule has 210 valence electrons. The van der Waals surface area contributed by atoms with Gasteiger partial charge in [-0.05, 0) is 97.8 Å². The molecule has 41 heavy (non-hydrogen) atoms. The summed E-state index contributed by atoms with van der Waals surface area (Å²) < 4.78 is 7.02. The molecular weight excluding hydrogens is 498 g/mol. The smallest absolute Gasteiger partial charge is 0.140 e. The molecule has 0 saturated heterocycles. The fourth-order valence-electron chi connectivity index (χ4n) is 6.51. The molecule has 0 N–H and O–H groups in total. The van der Waals surface area contributed by atoms with Crippen LogP contribution in [0.4, 0.5) is 0 Å². The third kappa shape index (κ3) is 4.82. The maximum Gasteiger partial charge on any atom is 0.140 e. The molecule has 0 bridgehead atoms. The van der Waals surface area contributed by atoms with E-state index in [-0.39, 0.29) is 5.41 Å². The topological polar surface area (TPSA) is 22.1 Å². The third-order valence-corrected chi connectivity index (χ3v) is 8.53. The van der Waals surface area contributed by atoms with Crippen LogP contribution in [0.1, 0.15) is 102 Å². The van der Waals surface area contributed by atoms with Crippen molar-refractivity contribution in [1.29, 1.82) is 0 Å². The minimum absolute atomic E-state index is 0.110. The molecule has 0 unspecified atom stereocenters. The van der Waals surface area contributed by atoms with Crippen LogP contribution in [0.15, 0.2) is 66.9 Å². The molecule has 1 aromatic heterocycles. The molecule has 6 rings (SSSR count). The number of hydrogen-bond acceptors (Lipinski definition) is 2. The predicted octanol–water partition coefficient (Wildman–Crippen LogP) is 11.8. The zero-order valence-electron chi connectivity index (χ0n) is 26.1. The molecule has 0 aliphatic carbocycles. The Labute approximate surface area is 245 Å². The summed E-state index contributed by atoms with van der Waals surface area (Å²) in [7, 11) is 0. The van der Waals surface area contributed by atoms with Crippen molar-refractivity contribution >= 4 is 21.5 Å². The second-order valence-electron chi connectivity index (χ2n) is 14.1. The van der Waals surface area contributed by atoms with E-state index in [2.05, 4.69) is 123 Å². The Kier molecular flexibility index (Phi) is 6.72. The van der Waals surface area contributed by atoms with Gasteiger partial charge in [0.25, 0.3) is 0 Å². The molecular formula is C39H43NO. The molecule has 2 heteroatoms. The van der Waals surface area contributed by atoms with Crippen LogP contribution in [0.3, 0.4) is 0 Å². The number of hydrogen-bond donors (Lipinski definition) is 0. The summed E-state index contributed by atoms with van der Waals surface area (Å²) >= 11 is 0. The van der Waals surface area contributed by atoms with E-state index in [1.54, 1.807) is 0 Å². The van der Waals surface area contributed by atoms with Crippen LogP contribution in [0.5, 0.6) is 11.5 Å². The van der Waals surface area contributed by atoms with E-state index in [0.29, 0.717) is 17.8 Å². The molecule has 1 aliphatic heterocycles. The average Bonchev–Trinajstić information content (AvgIpc) is 2.91. The molecule has 2 heterocycles. The predicted molar refractivity (Wildman–Crippen MR) is 176 cm³/mol. The minimum Gasteiger partial charge on any atom is -0.456 e. The lowest BCUT2D eigenvalue weighted by Gasteiger charge is -2.28. The van der Waals surface area contributed by atoms with Crippen molar-refractivity contribution in [1.82, 2.24) is 4.98 Å². The highest BCUT2D eigenvalue weighted by atomic mass is 16.5. The van der Waals surface area contributed by atoms with Crippen molar-refractivity contribution in [2.24, 2.45) is 5.41 Å². The van der Waals surface area contributed by atoms with Gasteiger partial charge in [-0.25, -0.2) is 0 Å². The monoisotopic (exact) mass is 541 g/mol. The fourth-order valence-corrected chi connectivity index (χ4v) is 6.51. The lowest BCUT2D eigenvalue weighted by molar-refractivity contribution is 0.400. The summed E-state index contributed by atoms with van der Waals surface area (Å²) in [6.45, 7) is 20.8. The molecule has 4 aromatic carbocycles. The van der Waals surface area contributed by atoms with Crippen molar-refractivity contribution in [2.45, 2.75) is 86.5 Å². The largest absolute Gasteiger partial charge is 0.456 e. The van der Waals surface area contributed by atoms with E-state index in [9.17, 15) is 0 Å². The first-order valence-electron chi connectivity index (χ1n) is 15.3. The third-order valence-electron chi connectivity index (χ3n) is 8.53. The van der Waals surface area contributed by atoms with Gasteiger partial charge in [0.1, 0.15) is 11.5 Å². The van der Waals surface area contributed by atoms with Crippen molar-refractivity contribution in [3.8, 4) is 33.9 Å². The Morgan fingerprint density at radius 3 is 2.07 bits per heavy atom. The summed E-state index contributed by atoms with van der Waals surface area (Å²) in [5, 5.41) is 4.79. The Hall–Kier alpha value is -3.65. The van der Waals surface area contributed by atoms with Crippen molar-refractivity contribution in [2.75, 3.05) is 0 Å². The van der Waals surface area contributed by atoms with Crippen molar-refractivity contribution in [3.05, 3.63) is 89.1 Å². The number of fused-ring (bicyclic) bond motifs is 3. The van der Waals surface area contributed by atoms with Crippen LogP contribution < -0.4 is 4.74 Å². The first-order chi connectivity index (χ1) is 19.4. The Morgan fingerprint density at radius 1 is 0.756 bits per heavy atom. The van der Waals surface area contributed by atoms with Crippen molar-refractivity contribution < 1.29 is 4.74 Å². The summed E-state index contributed by atoms with van der Waals surface area (Å²) in [6.07, 6.45) is 2.89. The van der Waals surface area contributed by atoms with Gasteiger partial charge in [-0.1, -0.05) is 98.7 Å². The van der Waals surface area contributed by atoms with Gasteiger partial charge in [0.05, 0.1) is 11.1 Å².